The van der Waals surface area contributed by atoms with Crippen molar-refractivity contribution in [2.24, 2.45) is 0 Å². The van der Waals surface area contributed by atoms with Crippen LogP contribution in [-0.4, -0.2) is 34.1 Å². The van der Waals surface area contributed by atoms with E-state index in [4.69, 9.17) is 23.8 Å². The van der Waals surface area contributed by atoms with Gasteiger partial charge in [0.2, 0.25) is 0 Å². The van der Waals surface area contributed by atoms with E-state index in [1.807, 2.05) is 66.7 Å². The fourth-order valence-electron chi connectivity index (χ4n) is 2.88. The van der Waals surface area contributed by atoms with Gasteiger partial charge in [0.25, 0.3) is 0 Å². The van der Waals surface area contributed by atoms with Crippen LogP contribution in [0.3, 0.4) is 0 Å². The summed E-state index contributed by atoms with van der Waals surface area (Å²) >= 11 is 0. The zero-order chi connectivity index (χ0) is 26.8. The topological polar surface area (TPSA) is 116 Å². The van der Waals surface area contributed by atoms with Crippen LogP contribution in [0.4, 0.5) is 18.9 Å². The summed E-state index contributed by atoms with van der Waals surface area (Å²) in [5.74, 6) is -2.52. The molecule has 0 saturated heterocycles. The number of aromatic nitrogens is 2. The van der Waals surface area contributed by atoms with Crippen LogP contribution in [0.25, 0.3) is 5.69 Å². The number of hydrogen-bond acceptors (Lipinski definition) is 7. The SMILES string of the molecule is COc1nn(-c2ccc(NCc3ccc(OCc4ccccc4)cc3)cc2)c(=O)o1.O=C(O)C(F)(F)F. The highest BCUT2D eigenvalue weighted by molar-refractivity contribution is 5.73. The van der Waals surface area contributed by atoms with Crippen molar-refractivity contribution >= 4 is 11.7 Å². The summed E-state index contributed by atoms with van der Waals surface area (Å²) in [4.78, 5) is 20.7. The Kier molecular flexibility index (Phi) is 8.92. The molecule has 1 heterocycles. The van der Waals surface area contributed by atoms with Crippen LogP contribution in [0.15, 0.2) is 88.1 Å². The van der Waals surface area contributed by atoms with Crippen molar-refractivity contribution in [2.75, 3.05) is 12.4 Å². The average molecular weight is 517 g/mol. The molecule has 0 aliphatic rings. The van der Waals surface area contributed by atoms with E-state index in [1.165, 1.54) is 7.11 Å². The van der Waals surface area contributed by atoms with Crippen molar-refractivity contribution < 1.29 is 37.0 Å². The number of methoxy groups -OCH3 is 1. The number of hydrogen-bond donors (Lipinski definition) is 2. The van der Waals surface area contributed by atoms with Crippen molar-refractivity contribution in [1.29, 1.82) is 0 Å². The molecule has 0 fully saturated rings. The number of rotatable bonds is 8. The molecule has 1 aromatic heterocycles. The predicted octanol–water partition coefficient (Wildman–Crippen LogP) is 4.66. The molecule has 194 valence electrons. The first kappa shape index (κ1) is 26.9. The van der Waals surface area contributed by atoms with Crippen LogP contribution < -0.4 is 20.5 Å². The summed E-state index contributed by atoms with van der Waals surface area (Å²) < 4.78 is 48.4. The summed E-state index contributed by atoms with van der Waals surface area (Å²) in [5, 5.41) is 14.4. The highest BCUT2D eigenvalue weighted by Crippen LogP contribution is 2.17. The molecule has 3 aromatic carbocycles. The van der Waals surface area contributed by atoms with Crippen LogP contribution in [0.2, 0.25) is 0 Å². The van der Waals surface area contributed by atoms with Gasteiger partial charge < -0.3 is 24.3 Å². The summed E-state index contributed by atoms with van der Waals surface area (Å²) in [6.45, 7) is 1.21. The molecule has 0 unspecified atom stereocenters. The van der Waals surface area contributed by atoms with Gasteiger partial charge in [-0.3, -0.25) is 0 Å². The van der Waals surface area contributed by atoms with Crippen LogP contribution >= 0.6 is 0 Å². The number of carboxylic acid groups (broad SMARTS) is 1. The standard InChI is InChI=1S/C23H21N3O4.C2HF3O2/c1-28-22-25-26(23(27)30-22)20-11-9-19(10-12-20)24-15-17-7-13-21(14-8-17)29-16-18-5-3-2-4-6-18;3-2(4,5)1(6)7/h2-14,24H,15-16H2,1H3;(H,6,7). The van der Waals surface area contributed by atoms with Crippen LogP contribution in [0.5, 0.6) is 11.8 Å². The van der Waals surface area contributed by atoms with Crippen LogP contribution in [0.1, 0.15) is 11.1 Å². The normalized spacial score (nSPS) is 10.7. The van der Waals surface area contributed by atoms with Gasteiger partial charge in [0.05, 0.1) is 12.8 Å². The number of carboxylic acids is 1. The number of nitrogens with one attached hydrogen (secondary N) is 1. The number of aliphatic carboxylic acids is 1. The van der Waals surface area contributed by atoms with Gasteiger partial charge in [-0.2, -0.15) is 17.9 Å². The van der Waals surface area contributed by atoms with E-state index in [0.29, 0.717) is 18.8 Å². The van der Waals surface area contributed by atoms with Gasteiger partial charge >= 0.3 is 24.0 Å². The third-order valence-corrected chi connectivity index (χ3v) is 4.73. The average Bonchev–Trinajstić information content (AvgIpc) is 3.28. The highest BCUT2D eigenvalue weighted by Gasteiger charge is 2.38. The van der Waals surface area contributed by atoms with E-state index in [9.17, 15) is 18.0 Å². The molecule has 9 nitrogen and oxygen atoms in total. The second-order valence-electron chi connectivity index (χ2n) is 7.37. The Bertz CT molecular complexity index is 1340. The van der Waals surface area contributed by atoms with Gasteiger partial charge in [0.1, 0.15) is 12.4 Å². The Morgan fingerprint density at radius 3 is 2.16 bits per heavy atom. The lowest BCUT2D eigenvalue weighted by atomic mass is 10.2. The molecule has 0 atom stereocenters. The van der Waals surface area contributed by atoms with Gasteiger partial charge in [-0.05, 0) is 47.5 Å². The fraction of sp³-hybridized carbons (Fsp3) is 0.160. The fourth-order valence-corrected chi connectivity index (χ4v) is 2.88. The second kappa shape index (κ2) is 12.3. The Balaban J connectivity index is 0.000000479. The second-order valence-corrected chi connectivity index (χ2v) is 7.37. The number of halogens is 3. The van der Waals surface area contributed by atoms with E-state index in [-0.39, 0.29) is 6.08 Å². The first-order valence-corrected chi connectivity index (χ1v) is 10.7. The maximum absolute atomic E-state index is 11.8. The molecule has 4 rings (SSSR count). The molecule has 0 aliphatic carbocycles. The lowest BCUT2D eigenvalue weighted by Crippen LogP contribution is -2.21. The lowest BCUT2D eigenvalue weighted by molar-refractivity contribution is -0.192. The maximum Gasteiger partial charge on any atom is 0.490 e. The first-order valence-electron chi connectivity index (χ1n) is 10.7. The van der Waals surface area contributed by atoms with E-state index in [0.717, 1.165) is 27.2 Å². The summed E-state index contributed by atoms with van der Waals surface area (Å²) in [6, 6.07) is 25.4. The third-order valence-electron chi connectivity index (χ3n) is 4.73. The minimum Gasteiger partial charge on any atom is -0.489 e. The minimum absolute atomic E-state index is 0.0709. The summed E-state index contributed by atoms with van der Waals surface area (Å²) in [7, 11) is 1.39. The largest absolute Gasteiger partial charge is 0.490 e. The van der Waals surface area contributed by atoms with Crippen molar-refractivity contribution in [3.8, 4) is 17.5 Å². The van der Waals surface area contributed by atoms with E-state index < -0.39 is 17.9 Å². The number of anilines is 1. The summed E-state index contributed by atoms with van der Waals surface area (Å²) in [6.07, 6.45) is -5.15. The molecule has 2 N–H and O–H groups in total. The van der Waals surface area contributed by atoms with Gasteiger partial charge in [0, 0.05) is 12.2 Å². The zero-order valence-electron chi connectivity index (χ0n) is 19.4. The molecule has 0 saturated carbocycles. The quantitative estimate of drug-likeness (QED) is 0.347. The van der Waals surface area contributed by atoms with Crippen molar-refractivity contribution in [3.05, 3.63) is 101 Å². The lowest BCUT2D eigenvalue weighted by Gasteiger charge is -2.09. The number of ether oxygens (including phenoxy) is 2. The number of carbonyl (C=O) groups is 1. The van der Waals surface area contributed by atoms with E-state index in [1.54, 1.807) is 12.1 Å². The molecular weight excluding hydrogens is 495 g/mol. The maximum atomic E-state index is 11.8. The molecule has 37 heavy (non-hydrogen) atoms. The Morgan fingerprint density at radius 1 is 1.00 bits per heavy atom. The Hall–Kier alpha value is -4.74. The van der Waals surface area contributed by atoms with Gasteiger partial charge in [-0.1, -0.05) is 47.6 Å². The molecule has 0 spiro atoms. The van der Waals surface area contributed by atoms with E-state index in [2.05, 4.69) is 10.4 Å². The molecular formula is C25H22F3N3O6. The summed E-state index contributed by atoms with van der Waals surface area (Å²) in [5.41, 5.74) is 3.78. The third kappa shape index (κ3) is 8.16. The van der Waals surface area contributed by atoms with Crippen LogP contribution in [0, 0.1) is 0 Å². The Labute approximate surface area is 208 Å². The van der Waals surface area contributed by atoms with Crippen molar-refractivity contribution in [2.45, 2.75) is 19.3 Å². The van der Waals surface area contributed by atoms with Gasteiger partial charge in [-0.25, -0.2) is 9.59 Å². The predicted molar refractivity (Wildman–Crippen MR) is 127 cm³/mol. The van der Waals surface area contributed by atoms with E-state index >= 15 is 0 Å². The van der Waals surface area contributed by atoms with Crippen molar-refractivity contribution in [1.82, 2.24) is 9.78 Å². The smallest absolute Gasteiger partial charge is 0.489 e. The monoisotopic (exact) mass is 517 g/mol. The molecule has 0 amide bonds. The highest BCUT2D eigenvalue weighted by atomic mass is 19.4. The van der Waals surface area contributed by atoms with Gasteiger partial charge in [0.15, 0.2) is 0 Å². The van der Waals surface area contributed by atoms with Crippen molar-refractivity contribution in [3.63, 3.8) is 0 Å². The molecule has 0 aliphatic heterocycles. The van der Waals surface area contributed by atoms with Crippen LogP contribution in [-0.2, 0) is 17.9 Å². The first-order chi connectivity index (χ1) is 17.7. The molecule has 0 radical (unpaired) electrons. The number of alkyl halides is 3. The minimum atomic E-state index is -5.08. The number of benzene rings is 3. The zero-order valence-corrected chi connectivity index (χ0v) is 19.4. The molecule has 12 heteroatoms. The van der Waals surface area contributed by atoms with Gasteiger partial charge in [-0.15, -0.1) is 0 Å². The number of nitrogens with zero attached hydrogens (tertiary/aromatic N) is 2. The Morgan fingerprint density at radius 2 is 1.62 bits per heavy atom. The molecule has 0 bridgehead atoms. The molecule has 4 aromatic rings.